The average molecular weight is 250 g/mol. The van der Waals surface area contributed by atoms with Gasteiger partial charge in [-0.15, -0.1) is 0 Å². The topological polar surface area (TPSA) is 56.0 Å². The molecule has 19 heavy (non-hydrogen) atoms. The van der Waals surface area contributed by atoms with Crippen molar-refractivity contribution in [3.05, 3.63) is 70.9 Å². The van der Waals surface area contributed by atoms with E-state index in [0.717, 1.165) is 16.3 Å². The van der Waals surface area contributed by atoms with Crippen LogP contribution in [0, 0.1) is 10.1 Å². The summed E-state index contributed by atoms with van der Waals surface area (Å²) in [4.78, 5) is 14.9. The SMILES string of the molecule is O=[N+]([O-])c1cccnc1-c1cccc2ccccc12. The number of nitrogens with zero attached hydrogens (tertiary/aromatic N) is 2. The van der Waals surface area contributed by atoms with Crippen molar-refractivity contribution < 1.29 is 4.92 Å². The Kier molecular flexibility index (Phi) is 2.68. The Morgan fingerprint density at radius 1 is 0.947 bits per heavy atom. The zero-order valence-corrected chi connectivity index (χ0v) is 9.98. The molecule has 0 spiro atoms. The second-order valence-corrected chi connectivity index (χ2v) is 4.15. The molecule has 0 aliphatic heterocycles. The quantitative estimate of drug-likeness (QED) is 0.513. The van der Waals surface area contributed by atoms with Crippen molar-refractivity contribution >= 4 is 16.5 Å². The summed E-state index contributed by atoms with van der Waals surface area (Å²) in [6, 6.07) is 16.6. The number of hydrogen-bond donors (Lipinski definition) is 0. The lowest BCUT2D eigenvalue weighted by atomic mass is 10.0. The second kappa shape index (κ2) is 4.49. The molecule has 0 fully saturated rings. The van der Waals surface area contributed by atoms with Crippen molar-refractivity contribution in [2.24, 2.45) is 0 Å². The third kappa shape index (κ3) is 1.93. The molecule has 3 aromatic rings. The number of benzene rings is 2. The fourth-order valence-corrected chi connectivity index (χ4v) is 2.18. The Balaban J connectivity index is 2.34. The number of aromatic nitrogens is 1. The number of nitro groups is 1. The van der Waals surface area contributed by atoms with Gasteiger partial charge in [-0.2, -0.15) is 0 Å². The average Bonchev–Trinajstić information content (AvgIpc) is 2.46. The van der Waals surface area contributed by atoms with Gasteiger partial charge in [0.25, 0.3) is 5.69 Å². The van der Waals surface area contributed by atoms with Crippen LogP contribution >= 0.6 is 0 Å². The van der Waals surface area contributed by atoms with E-state index in [4.69, 9.17) is 0 Å². The molecule has 0 N–H and O–H groups in total. The lowest BCUT2D eigenvalue weighted by Gasteiger charge is -2.06. The summed E-state index contributed by atoms with van der Waals surface area (Å²) in [5.74, 6) is 0. The maximum atomic E-state index is 11.1. The van der Waals surface area contributed by atoms with Crippen LogP contribution in [-0.4, -0.2) is 9.91 Å². The van der Waals surface area contributed by atoms with Gasteiger partial charge in [0.05, 0.1) is 4.92 Å². The van der Waals surface area contributed by atoms with Crippen molar-refractivity contribution in [1.29, 1.82) is 0 Å². The molecule has 0 atom stereocenters. The van der Waals surface area contributed by atoms with Crippen LogP contribution in [-0.2, 0) is 0 Å². The van der Waals surface area contributed by atoms with Gasteiger partial charge in [-0.3, -0.25) is 10.1 Å². The highest BCUT2D eigenvalue weighted by atomic mass is 16.6. The van der Waals surface area contributed by atoms with E-state index in [1.807, 2.05) is 42.5 Å². The number of rotatable bonds is 2. The third-order valence-electron chi connectivity index (χ3n) is 3.03. The first-order valence-electron chi connectivity index (χ1n) is 5.85. The number of hydrogen-bond acceptors (Lipinski definition) is 3. The highest BCUT2D eigenvalue weighted by molar-refractivity contribution is 5.97. The van der Waals surface area contributed by atoms with Crippen molar-refractivity contribution in [1.82, 2.24) is 4.98 Å². The molecule has 4 nitrogen and oxygen atoms in total. The van der Waals surface area contributed by atoms with Crippen LogP contribution in [0.5, 0.6) is 0 Å². The molecule has 0 aliphatic rings. The van der Waals surface area contributed by atoms with Crippen LogP contribution in [0.4, 0.5) is 5.69 Å². The van der Waals surface area contributed by atoms with Crippen LogP contribution in [0.1, 0.15) is 0 Å². The summed E-state index contributed by atoms with van der Waals surface area (Å²) in [7, 11) is 0. The summed E-state index contributed by atoms with van der Waals surface area (Å²) < 4.78 is 0. The summed E-state index contributed by atoms with van der Waals surface area (Å²) in [6.45, 7) is 0. The lowest BCUT2D eigenvalue weighted by Crippen LogP contribution is -1.94. The third-order valence-corrected chi connectivity index (χ3v) is 3.03. The minimum Gasteiger partial charge on any atom is -0.258 e. The molecule has 1 heterocycles. The molecular weight excluding hydrogens is 240 g/mol. The molecule has 0 aliphatic carbocycles. The lowest BCUT2D eigenvalue weighted by molar-refractivity contribution is -0.384. The van der Waals surface area contributed by atoms with Crippen molar-refractivity contribution in [3.63, 3.8) is 0 Å². The van der Waals surface area contributed by atoms with Crippen LogP contribution in [0.25, 0.3) is 22.0 Å². The second-order valence-electron chi connectivity index (χ2n) is 4.15. The standard InChI is InChI=1S/C15H10N2O2/c18-17(19)14-9-4-10-16-15(14)13-8-3-6-11-5-1-2-7-12(11)13/h1-10H. The van der Waals surface area contributed by atoms with Crippen LogP contribution in [0.2, 0.25) is 0 Å². The summed E-state index contributed by atoms with van der Waals surface area (Å²) >= 11 is 0. The zero-order valence-electron chi connectivity index (χ0n) is 9.98. The minimum absolute atomic E-state index is 0.0267. The monoisotopic (exact) mass is 250 g/mol. The zero-order chi connectivity index (χ0) is 13.2. The molecule has 1 aromatic heterocycles. The number of fused-ring (bicyclic) bond motifs is 1. The van der Waals surface area contributed by atoms with Gasteiger partial charge in [-0.25, -0.2) is 4.98 Å². The molecule has 0 bridgehead atoms. The Hall–Kier alpha value is -2.75. The van der Waals surface area contributed by atoms with Gasteiger partial charge < -0.3 is 0 Å². The normalized spacial score (nSPS) is 10.5. The minimum atomic E-state index is -0.399. The van der Waals surface area contributed by atoms with E-state index >= 15 is 0 Å². The number of pyridine rings is 1. The predicted octanol–water partition coefficient (Wildman–Crippen LogP) is 3.81. The molecule has 0 saturated carbocycles. The first-order chi connectivity index (χ1) is 9.27. The van der Waals surface area contributed by atoms with E-state index in [9.17, 15) is 10.1 Å². The summed E-state index contributed by atoms with van der Waals surface area (Å²) in [6.07, 6.45) is 1.57. The molecule has 2 aromatic carbocycles. The van der Waals surface area contributed by atoms with Crippen molar-refractivity contribution in [3.8, 4) is 11.3 Å². The Morgan fingerprint density at radius 3 is 2.58 bits per heavy atom. The molecule has 0 unspecified atom stereocenters. The summed E-state index contributed by atoms with van der Waals surface area (Å²) in [5, 5.41) is 13.1. The maximum absolute atomic E-state index is 11.1. The molecule has 92 valence electrons. The fourth-order valence-electron chi connectivity index (χ4n) is 2.18. The van der Waals surface area contributed by atoms with Crippen LogP contribution < -0.4 is 0 Å². The van der Waals surface area contributed by atoms with Crippen molar-refractivity contribution in [2.75, 3.05) is 0 Å². The van der Waals surface area contributed by atoms with Gasteiger partial charge in [0.2, 0.25) is 0 Å². The predicted molar refractivity (Wildman–Crippen MR) is 73.8 cm³/mol. The largest absolute Gasteiger partial charge is 0.295 e. The Bertz CT molecular complexity index is 763. The van der Waals surface area contributed by atoms with E-state index < -0.39 is 4.92 Å². The van der Waals surface area contributed by atoms with Gasteiger partial charge in [0, 0.05) is 17.8 Å². The van der Waals surface area contributed by atoms with Crippen molar-refractivity contribution in [2.45, 2.75) is 0 Å². The van der Waals surface area contributed by atoms with Gasteiger partial charge >= 0.3 is 0 Å². The first-order valence-corrected chi connectivity index (χ1v) is 5.85. The van der Waals surface area contributed by atoms with E-state index in [-0.39, 0.29) is 5.69 Å². The molecule has 0 saturated heterocycles. The van der Waals surface area contributed by atoms with Gasteiger partial charge in [0.1, 0.15) is 5.69 Å². The Labute approximate surface area is 109 Å². The molecule has 4 heteroatoms. The Morgan fingerprint density at radius 2 is 1.74 bits per heavy atom. The van der Waals surface area contributed by atoms with Gasteiger partial charge in [0.15, 0.2) is 0 Å². The highest BCUT2D eigenvalue weighted by Gasteiger charge is 2.17. The molecule has 3 rings (SSSR count). The summed E-state index contributed by atoms with van der Waals surface area (Å²) in [5.41, 5.74) is 1.22. The van der Waals surface area contributed by atoms with E-state index in [1.165, 1.54) is 6.07 Å². The van der Waals surface area contributed by atoms with Gasteiger partial charge in [-0.05, 0) is 16.8 Å². The van der Waals surface area contributed by atoms with E-state index in [1.54, 1.807) is 12.3 Å². The first kappa shape index (κ1) is 11.3. The van der Waals surface area contributed by atoms with Crippen LogP contribution in [0.15, 0.2) is 60.8 Å². The van der Waals surface area contributed by atoms with E-state index in [2.05, 4.69) is 4.98 Å². The molecule has 0 radical (unpaired) electrons. The van der Waals surface area contributed by atoms with Crippen LogP contribution in [0.3, 0.4) is 0 Å². The maximum Gasteiger partial charge on any atom is 0.295 e. The van der Waals surface area contributed by atoms with E-state index in [0.29, 0.717) is 5.69 Å². The van der Waals surface area contributed by atoms with Gasteiger partial charge in [-0.1, -0.05) is 42.5 Å². The molecular formula is C15H10N2O2. The molecule has 0 amide bonds. The fraction of sp³-hybridized carbons (Fsp3) is 0. The highest BCUT2D eigenvalue weighted by Crippen LogP contribution is 2.32. The smallest absolute Gasteiger partial charge is 0.258 e.